The molecule has 3 aromatic carbocycles. The molecule has 0 aliphatic carbocycles. The van der Waals surface area contributed by atoms with Crippen molar-refractivity contribution in [3.8, 4) is 0 Å². The van der Waals surface area contributed by atoms with Gasteiger partial charge in [-0.2, -0.15) is 5.10 Å². The van der Waals surface area contributed by atoms with Crippen molar-refractivity contribution in [3.05, 3.63) is 101 Å². The summed E-state index contributed by atoms with van der Waals surface area (Å²) in [7, 11) is 0. The fourth-order valence-corrected chi connectivity index (χ4v) is 3.81. The molecule has 1 N–H and O–H groups in total. The van der Waals surface area contributed by atoms with Crippen LogP contribution >= 0.6 is 11.6 Å². The second kappa shape index (κ2) is 10.2. The zero-order valence-electron chi connectivity index (χ0n) is 17.2. The second-order valence-corrected chi connectivity index (χ2v) is 7.92. The van der Waals surface area contributed by atoms with E-state index in [1.165, 1.54) is 11.3 Å². The van der Waals surface area contributed by atoms with Crippen LogP contribution < -0.4 is 10.3 Å². The maximum atomic E-state index is 12.3. The van der Waals surface area contributed by atoms with E-state index in [9.17, 15) is 4.79 Å². The van der Waals surface area contributed by atoms with Gasteiger partial charge in [0.2, 0.25) is 0 Å². The summed E-state index contributed by atoms with van der Waals surface area (Å²) in [4.78, 5) is 17.2. The van der Waals surface area contributed by atoms with Crippen molar-refractivity contribution < 1.29 is 4.79 Å². The Morgan fingerprint density at radius 3 is 2.29 bits per heavy atom. The van der Waals surface area contributed by atoms with E-state index in [1.807, 2.05) is 42.5 Å². The summed E-state index contributed by atoms with van der Waals surface area (Å²) in [5.41, 5.74) is 6.37. The SMILES string of the molecule is O=C(N/N=C\c1ccccc1Cl)c1ccc(CN2CCN(c3ccccc3)CC2)cc1. The molecule has 1 aliphatic rings. The van der Waals surface area contributed by atoms with E-state index in [2.05, 4.69) is 50.7 Å². The largest absolute Gasteiger partial charge is 0.369 e. The number of nitrogens with one attached hydrogen (secondary N) is 1. The smallest absolute Gasteiger partial charge is 0.271 e. The van der Waals surface area contributed by atoms with Gasteiger partial charge in [0, 0.05) is 54.6 Å². The van der Waals surface area contributed by atoms with E-state index in [1.54, 1.807) is 12.3 Å². The summed E-state index contributed by atoms with van der Waals surface area (Å²) in [6.45, 7) is 4.97. The quantitative estimate of drug-likeness (QED) is 0.463. The van der Waals surface area contributed by atoms with Gasteiger partial charge in [-0.15, -0.1) is 0 Å². The van der Waals surface area contributed by atoms with Crippen molar-refractivity contribution in [1.82, 2.24) is 10.3 Å². The number of piperazine rings is 1. The minimum atomic E-state index is -0.244. The maximum Gasteiger partial charge on any atom is 0.271 e. The molecule has 1 saturated heterocycles. The first-order valence-corrected chi connectivity index (χ1v) is 10.8. The molecule has 6 heteroatoms. The number of rotatable bonds is 6. The molecule has 0 bridgehead atoms. The van der Waals surface area contributed by atoms with Gasteiger partial charge in [0.25, 0.3) is 5.91 Å². The van der Waals surface area contributed by atoms with Gasteiger partial charge < -0.3 is 4.90 Å². The van der Waals surface area contributed by atoms with E-state index in [0.29, 0.717) is 10.6 Å². The highest BCUT2D eigenvalue weighted by atomic mass is 35.5. The Labute approximate surface area is 187 Å². The summed E-state index contributed by atoms with van der Waals surface area (Å²) in [5, 5.41) is 4.60. The number of halogens is 1. The summed E-state index contributed by atoms with van der Waals surface area (Å²) in [5.74, 6) is -0.244. The zero-order chi connectivity index (χ0) is 21.5. The lowest BCUT2D eigenvalue weighted by Crippen LogP contribution is -2.45. The Balaban J connectivity index is 1.26. The molecular weight excluding hydrogens is 408 g/mol. The highest BCUT2D eigenvalue weighted by Crippen LogP contribution is 2.17. The molecular formula is C25H25ClN4O. The first kappa shape index (κ1) is 21.1. The van der Waals surface area contributed by atoms with Crippen LogP contribution in [-0.4, -0.2) is 43.2 Å². The minimum absolute atomic E-state index is 0.244. The molecule has 0 atom stereocenters. The fraction of sp³-hybridized carbons (Fsp3) is 0.200. The lowest BCUT2D eigenvalue weighted by atomic mass is 10.1. The third-order valence-corrected chi connectivity index (χ3v) is 5.74. The van der Waals surface area contributed by atoms with Crippen LogP contribution in [0, 0.1) is 0 Å². The number of benzene rings is 3. The van der Waals surface area contributed by atoms with E-state index >= 15 is 0 Å². The minimum Gasteiger partial charge on any atom is -0.369 e. The Morgan fingerprint density at radius 2 is 1.58 bits per heavy atom. The number of hydrazone groups is 1. The molecule has 31 heavy (non-hydrogen) atoms. The molecule has 1 aliphatic heterocycles. The van der Waals surface area contributed by atoms with Crippen molar-refractivity contribution in [3.63, 3.8) is 0 Å². The van der Waals surface area contributed by atoms with Gasteiger partial charge in [-0.05, 0) is 35.9 Å². The number of nitrogens with zero attached hydrogens (tertiary/aromatic N) is 3. The summed E-state index contributed by atoms with van der Waals surface area (Å²) in [6.07, 6.45) is 1.55. The van der Waals surface area contributed by atoms with E-state index in [0.717, 1.165) is 38.3 Å². The number of carbonyl (C=O) groups excluding carboxylic acids is 1. The monoisotopic (exact) mass is 432 g/mol. The zero-order valence-corrected chi connectivity index (χ0v) is 18.0. The van der Waals surface area contributed by atoms with Gasteiger partial charge in [0.1, 0.15) is 0 Å². The normalized spacial score (nSPS) is 14.7. The number of hydrogen-bond donors (Lipinski definition) is 1. The molecule has 0 saturated carbocycles. The maximum absolute atomic E-state index is 12.3. The van der Waals surface area contributed by atoms with Gasteiger partial charge in [-0.1, -0.05) is 60.1 Å². The molecule has 4 rings (SSSR count). The van der Waals surface area contributed by atoms with Crippen LogP contribution in [0.15, 0.2) is 84.0 Å². The van der Waals surface area contributed by atoms with Gasteiger partial charge in [0.05, 0.1) is 6.21 Å². The number of amides is 1. The standard InChI is InChI=1S/C25H25ClN4O/c26-24-9-5-4-6-22(24)18-27-28-25(31)21-12-10-20(11-13-21)19-29-14-16-30(17-15-29)23-7-2-1-3-8-23/h1-13,18H,14-17,19H2,(H,28,31)/b27-18-. The van der Waals surface area contributed by atoms with Crippen LogP contribution in [0.2, 0.25) is 5.02 Å². The van der Waals surface area contributed by atoms with Crippen molar-refractivity contribution >= 4 is 29.4 Å². The van der Waals surface area contributed by atoms with Crippen LogP contribution in [0.4, 0.5) is 5.69 Å². The number of hydrogen-bond acceptors (Lipinski definition) is 4. The molecule has 0 aromatic heterocycles. The molecule has 3 aromatic rings. The first-order chi connectivity index (χ1) is 15.2. The van der Waals surface area contributed by atoms with Crippen molar-refractivity contribution in [2.75, 3.05) is 31.1 Å². The molecule has 1 heterocycles. The first-order valence-electron chi connectivity index (χ1n) is 10.4. The Kier molecular flexibility index (Phi) is 6.97. The summed E-state index contributed by atoms with van der Waals surface area (Å²) < 4.78 is 0. The van der Waals surface area contributed by atoms with Crippen LogP contribution in [0.5, 0.6) is 0 Å². The molecule has 0 radical (unpaired) electrons. The van der Waals surface area contributed by atoms with Crippen LogP contribution in [0.25, 0.3) is 0 Å². The molecule has 0 unspecified atom stereocenters. The molecule has 1 amide bonds. The highest BCUT2D eigenvalue weighted by molar-refractivity contribution is 6.33. The van der Waals surface area contributed by atoms with E-state index < -0.39 is 0 Å². The summed E-state index contributed by atoms with van der Waals surface area (Å²) >= 11 is 6.08. The number of carbonyl (C=O) groups is 1. The van der Waals surface area contributed by atoms with E-state index in [4.69, 9.17) is 11.6 Å². The fourth-order valence-electron chi connectivity index (χ4n) is 3.63. The molecule has 1 fully saturated rings. The van der Waals surface area contributed by atoms with Crippen LogP contribution in [-0.2, 0) is 6.54 Å². The van der Waals surface area contributed by atoms with Crippen LogP contribution in [0.1, 0.15) is 21.5 Å². The third kappa shape index (κ3) is 5.72. The van der Waals surface area contributed by atoms with Crippen molar-refractivity contribution in [2.45, 2.75) is 6.54 Å². The molecule has 158 valence electrons. The topological polar surface area (TPSA) is 47.9 Å². The van der Waals surface area contributed by atoms with E-state index in [-0.39, 0.29) is 5.91 Å². The molecule has 0 spiro atoms. The van der Waals surface area contributed by atoms with Crippen LogP contribution in [0.3, 0.4) is 0 Å². The lowest BCUT2D eigenvalue weighted by Gasteiger charge is -2.36. The third-order valence-electron chi connectivity index (χ3n) is 5.39. The average molecular weight is 433 g/mol. The Hall–Kier alpha value is -3.15. The highest BCUT2D eigenvalue weighted by Gasteiger charge is 2.17. The van der Waals surface area contributed by atoms with Gasteiger partial charge in [0.15, 0.2) is 0 Å². The van der Waals surface area contributed by atoms with Gasteiger partial charge in [-0.3, -0.25) is 9.69 Å². The summed E-state index contributed by atoms with van der Waals surface area (Å²) in [6, 6.07) is 25.6. The molecule has 5 nitrogen and oxygen atoms in total. The number of para-hydroxylation sites is 1. The lowest BCUT2D eigenvalue weighted by molar-refractivity contribution is 0.0955. The van der Waals surface area contributed by atoms with Crippen molar-refractivity contribution in [2.24, 2.45) is 5.10 Å². The number of anilines is 1. The predicted octanol–water partition coefficient (Wildman–Crippen LogP) is 4.43. The Bertz CT molecular complexity index is 1030. The predicted molar refractivity (Wildman–Crippen MR) is 127 cm³/mol. The van der Waals surface area contributed by atoms with Crippen molar-refractivity contribution in [1.29, 1.82) is 0 Å². The average Bonchev–Trinajstić information content (AvgIpc) is 2.82. The van der Waals surface area contributed by atoms with Gasteiger partial charge in [-0.25, -0.2) is 5.43 Å². The van der Waals surface area contributed by atoms with Gasteiger partial charge >= 0.3 is 0 Å². The second-order valence-electron chi connectivity index (χ2n) is 7.52. The Morgan fingerprint density at radius 1 is 0.903 bits per heavy atom.